The van der Waals surface area contributed by atoms with Crippen molar-refractivity contribution in [3.8, 4) is 0 Å². The molecular weight excluding hydrogens is 1390 g/mol. The summed E-state index contributed by atoms with van der Waals surface area (Å²) in [6.07, 6.45) is 0. The zero-order valence-corrected chi connectivity index (χ0v) is 56.5. The minimum atomic E-state index is -2.92. The van der Waals surface area contributed by atoms with E-state index in [-0.39, 0.29) is 0 Å². The fourth-order valence-electron chi connectivity index (χ4n) is 10.7. The predicted octanol–water partition coefficient (Wildman–Crippen LogP) is 24.9. The lowest BCUT2D eigenvalue weighted by atomic mass is 10.1. The summed E-state index contributed by atoms with van der Waals surface area (Å²) in [6, 6.07) is 94.1. The highest BCUT2D eigenvalue weighted by Gasteiger charge is 2.42. The summed E-state index contributed by atoms with van der Waals surface area (Å²) >= 11 is 74.4. The molecule has 0 aromatic heterocycles. The van der Waals surface area contributed by atoms with Gasteiger partial charge in [0, 0.05) is 206 Å². The molecular formula is C72H48BCl12N3O3. The molecule has 0 unspecified atom stereocenters. The lowest BCUT2D eigenvalue weighted by Crippen LogP contribution is -2.56. The second-order valence-electron chi connectivity index (χ2n) is 20.0. The number of hydrogen-bond donors (Lipinski definition) is 0. The van der Waals surface area contributed by atoms with Crippen LogP contribution in [0.3, 0.4) is 0 Å². The predicted molar refractivity (Wildman–Crippen MR) is 386 cm³/mol. The van der Waals surface area contributed by atoms with Gasteiger partial charge < -0.3 is 15.1 Å². The topological polar surface area (TPSA) is 69.2 Å². The third kappa shape index (κ3) is 16.3. The van der Waals surface area contributed by atoms with Gasteiger partial charge in [-0.15, -0.1) is 0 Å². The summed E-state index contributed by atoms with van der Waals surface area (Å²) in [6.45, 7) is 0. The second kappa shape index (κ2) is 31.7. The third-order valence-corrected chi connectivity index (χ3v) is 17.6. The molecule has 12 aromatic rings. The average molecular weight is 1440 g/mol. The fraction of sp³-hybridized carbons (Fsp3) is 0. The van der Waals surface area contributed by atoms with E-state index in [0.717, 1.165) is 68.2 Å². The first-order valence-corrected chi connectivity index (χ1v) is 32.1. The normalized spacial score (nSPS) is 11.2. The highest BCUT2D eigenvalue weighted by Crippen LogP contribution is 2.55. The van der Waals surface area contributed by atoms with Gasteiger partial charge in [0.15, 0.2) is 0 Å². The van der Waals surface area contributed by atoms with Gasteiger partial charge in [0.05, 0.1) is 0 Å². The van der Waals surface area contributed by atoms with Gasteiger partial charge in [0.1, 0.15) is 68.2 Å². The molecule has 6 nitrogen and oxygen atoms in total. The maximum absolute atomic E-state index is 8.42. The molecule has 0 heterocycles. The van der Waals surface area contributed by atoms with Crippen LogP contribution in [0.5, 0.6) is 0 Å². The van der Waals surface area contributed by atoms with Crippen molar-refractivity contribution in [2.24, 2.45) is 0 Å². The Morgan fingerprint density at radius 1 is 0.143 bits per heavy atom. The molecule has 0 bridgehead atoms. The Kier molecular flexibility index (Phi) is 24.1. The average Bonchev–Trinajstić information content (AvgIpc) is 1.76. The van der Waals surface area contributed by atoms with E-state index < -0.39 is 7.32 Å². The molecule has 0 N–H and O–H groups in total. The number of hydrogen-bond acceptors (Lipinski definition) is 3. The monoisotopic (exact) mass is 1430 g/mol. The highest BCUT2D eigenvalue weighted by atomic mass is 35.5. The number of halogens is 12. The molecule has 0 saturated carbocycles. The van der Waals surface area contributed by atoms with Gasteiger partial charge in [-0.25, -0.2) is 0 Å². The summed E-state index contributed by atoms with van der Waals surface area (Å²) in [5.41, 5.74) is 12.2. The fourth-order valence-corrected chi connectivity index (χ4v) is 12.2. The Labute approximate surface area is 589 Å². The number of benzene rings is 12. The Bertz CT molecular complexity index is 3270. The molecule has 91 heavy (non-hydrogen) atoms. The number of rotatable bonds is 12. The SMILES string of the molecule is Clc1ccc([N+](c2ccc(Cl)cc2)(c2ccc(Cl)cc2)c2ccc(Cl)cc2)cc1.Clc1ccc([N+](c2ccc(Cl)cc2)(c2ccc(Cl)cc2)c2ccc(Cl)cc2)cc1.Clc1ccc([N+](c2ccc(Cl)cc2)(c2ccc(Cl)cc2)c2ccc(Cl)cc2)cc1.[O-]B([O-])[O-]. The molecule has 0 spiro atoms. The molecule has 12 aromatic carbocycles. The maximum atomic E-state index is 8.42. The van der Waals surface area contributed by atoms with Crippen LogP contribution < -0.4 is 28.5 Å². The zero-order chi connectivity index (χ0) is 64.9. The molecule has 456 valence electrons. The molecule has 0 aliphatic heterocycles. The zero-order valence-electron chi connectivity index (χ0n) is 47.4. The van der Waals surface area contributed by atoms with Crippen LogP contribution in [0.4, 0.5) is 68.2 Å². The number of nitrogens with zero attached hydrogens (tertiary/aromatic N) is 3. The minimum absolute atomic E-state index is 0.322. The van der Waals surface area contributed by atoms with Gasteiger partial charge in [-0.05, 0) is 146 Å². The van der Waals surface area contributed by atoms with Crippen LogP contribution >= 0.6 is 139 Å². The van der Waals surface area contributed by atoms with Gasteiger partial charge in [-0.1, -0.05) is 139 Å². The van der Waals surface area contributed by atoms with Crippen LogP contribution in [-0.2, 0) is 0 Å². The summed E-state index contributed by atoms with van der Waals surface area (Å²) in [4.78, 5) is 0. The van der Waals surface area contributed by atoms with Crippen molar-refractivity contribution < 1.29 is 15.1 Å². The van der Waals surface area contributed by atoms with Crippen LogP contribution in [0.25, 0.3) is 0 Å². The molecule has 12 rings (SSSR count). The first-order valence-electron chi connectivity index (χ1n) is 27.5. The van der Waals surface area contributed by atoms with E-state index in [1.54, 1.807) is 0 Å². The van der Waals surface area contributed by atoms with E-state index >= 15 is 0 Å². The van der Waals surface area contributed by atoms with Crippen LogP contribution in [0.1, 0.15) is 0 Å². The standard InChI is InChI=1S/3C24H16Cl4N.BO3/c3*25-17-1-9-21(10-2-17)29(22-11-3-18(26)4-12-22,23-13-5-19(27)6-14-23)24-15-7-20(28)8-16-24;2-1(3)4/h3*1-16H;/q3*+1;-3. The molecule has 19 heteroatoms. The van der Waals surface area contributed by atoms with Gasteiger partial charge >= 0.3 is 0 Å². The smallest absolute Gasteiger partial charge is 0.148 e. The minimum Gasteiger partial charge on any atom is -0.907 e. The number of quaternary nitrogens is 3. The highest BCUT2D eigenvalue weighted by molar-refractivity contribution is 6.34. The van der Waals surface area contributed by atoms with E-state index in [2.05, 4.69) is 0 Å². The quantitative estimate of drug-likeness (QED) is 0.0904. The maximum Gasteiger partial charge on any atom is 0.148 e. The van der Waals surface area contributed by atoms with Crippen molar-refractivity contribution in [1.82, 2.24) is 13.4 Å². The Balaban J connectivity index is 0.000000157. The lowest BCUT2D eigenvalue weighted by molar-refractivity contribution is -0.479. The van der Waals surface area contributed by atoms with Gasteiger partial charge in [0.2, 0.25) is 0 Å². The summed E-state index contributed by atoms with van der Waals surface area (Å²) < 4.78 is 0.966. The Hall–Kier alpha value is -6.06. The van der Waals surface area contributed by atoms with Crippen LogP contribution in [0.15, 0.2) is 291 Å². The van der Waals surface area contributed by atoms with Gasteiger partial charge in [-0.3, -0.25) is 7.32 Å². The lowest BCUT2D eigenvalue weighted by Gasteiger charge is -2.37. The molecule has 0 radical (unpaired) electrons. The van der Waals surface area contributed by atoms with Crippen molar-refractivity contribution in [2.45, 2.75) is 0 Å². The van der Waals surface area contributed by atoms with E-state index in [1.807, 2.05) is 291 Å². The molecule has 0 aliphatic rings. The largest absolute Gasteiger partial charge is 0.907 e. The molecule has 0 amide bonds. The van der Waals surface area contributed by atoms with Gasteiger partial charge in [0.25, 0.3) is 0 Å². The van der Waals surface area contributed by atoms with Crippen molar-refractivity contribution in [3.63, 3.8) is 0 Å². The Morgan fingerprint density at radius 3 is 0.253 bits per heavy atom. The van der Waals surface area contributed by atoms with Crippen molar-refractivity contribution in [2.75, 3.05) is 0 Å². The van der Waals surface area contributed by atoms with Crippen LogP contribution in [0, 0.1) is 0 Å². The van der Waals surface area contributed by atoms with Crippen LogP contribution in [-0.4, -0.2) is 7.32 Å². The molecule has 0 aliphatic carbocycles. The molecule has 0 saturated heterocycles. The van der Waals surface area contributed by atoms with Crippen molar-refractivity contribution >= 4 is 215 Å². The van der Waals surface area contributed by atoms with Crippen LogP contribution in [0.2, 0.25) is 60.3 Å². The third-order valence-electron chi connectivity index (χ3n) is 14.6. The first kappa shape index (κ1) is 69.3. The first-order chi connectivity index (χ1) is 43.7. The van der Waals surface area contributed by atoms with Crippen molar-refractivity contribution in [1.29, 1.82) is 0 Å². The van der Waals surface area contributed by atoms with E-state index in [9.17, 15) is 0 Å². The molecule has 0 atom stereocenters. The van der Waals surface area contributed by atoms with Gasteiger partial charge in [-0.2, -0.15) is 13.4 Å². The summed E-state index contributed by atoms with van der Waals surface area (Å²) in [7, 11) is -2.92. The molecule has 0 fully saturated rings. The van der Waals surface area contributed by atoms with Crippen molar-refractivity contribution in [3.05, 3.63) is 351 Å². The van der Waals surface area contributed by atoms with E-state index in [4.69, 9.17) is 154 Å². The van der Waals surface area contributed by atoms with E-state index in [0.29, 0.717) is 73.7 Å². The summed E-state index contributed by atoms with van der Waals surface area (Å²) in [5.74, 6) is 0. The van der Waals surface area contributed by atoms with E-state index in [1.165, 1.54) is 0 Å². The second-order valence-corrected chi connectivity index (χ2v) is 25.3. The summed E-state index contributed by atoms with van der Waals surface area (Å²) in [5, 5.41) is 33.4. The Morgan fingerprint density at radius 2 is 0.198 bits per heavy atom.